The summed E-state index contributed by atoms with van der Waals surface area (Å²) in [6.07, 6.45) is 1.89. The van der Waals surface area contributed by atoms with Crippen molar-refractivity contribution in [2.45, 2.75) is 19.9 Å². The predicted octanol–water partition coefficient (Wildman–Crippen LogP) is 2.96. The van der Waals surface area contributed by atoms with Crippen LogP contribution in [-0.2, 0) is 4.79 Å². The Hall–Kier alpha value is -3.45. The maximum Gasteiger partial charge on any atom is 0.271 e. The molecule has 0 fully saturated rings. The van der Waals surface area contributed by atoms with E-state index in [1.54, 1.807) is 4.57 Å². The lowest BCUT2D eigenvalue weighted by atomic mass is 9.93. The highest BCUT2D eigenvalue weighted by atomic mass is 32.1. The zero-order valence-electron chi connectivity index (χ0n) is 19.8. The van der Waals surface area contributed by atoms with Crippen molar-refractivity contribution in [3.8, 4) is 0 Å². The third-order valence-electron chi connectivity index (χ3n) is 5.83. The molecule has 0 aliphatic carbocycles. The van der Waals surface area contributed by atoms with Crippen molar-refractivity contribution in [1.82, 2.24) is 4.57 Å². The van der Waals surface area contributed by atoms with Gasteiger partial charge < -0.3 is 9.80 Å². The summed E-state index contributed by atoms with van der Waals surface area (Å²) in [6, 6.07) is 15.5. The Kier molecular flexibility index (Phi) is 6.08. The summed E-state index contributed by atoms with van der Waals surface area (Å²) in [5.41, 5.74) is 5.06. The minimum Gasteiger partial charge on any atom is -0.378 e. The number of fused-ring (bicyclic) bond motifs is 1. The normalized spacial score (nSPS) is 15.8. The third-order valence-corrected chi connectivity index (χ3v) is 6.82. The van der Waals surface area contributed by atoms with E-state index in [2.05, 4.69) is 4.99 Å². The van der Waals surface area contributed by atoms with E-state index in [1.807, 2.05) is 99.5 Å². The summed E-state index contributed by atoms with van der Waals surface area (Å²) in [5, 5.41) is 0. The summed E-state index contributed by atoms with van der Waals surface area (Å²) in [4.78, 5) is 35.5. The Bertz CT molecular complexity index is 1410. The van der Waals surface area contributed by atoms with E-state index in [0.29, 0.717) is 20.6 Å². The number of aromatic nitrogens is 1. The van der Waals surface area contributed by atoms with Crippen molar-refractivity contribution < 1.29 is 4.79 Å². The highest BCUT2D eigenvalue weighted by Crippen LogP contribution is 2.31. The van der Waals surface area contributed by atoms with Crippen LogP contribution in [0.4, 0.5) is 11.4 Å². The number of hydrogen-bond acceptors (Lipinski definition) is 6. The molecule has 170 valence electrons. The number of carbonyl (C=O) groups excluding carboxylic acids is 1. The van der Waals surface area contributed by atoms with E-state index >= 15 is 0 Å². The molecular weight excluding hydrogens is 432 g/mol. The molecular formula is C26H28N4O2S. The van der Waals surface area contributed by atoms with Crippen LogP contribution in [0.15, 0.2) is 69.6 Å². The molecule has 4 rings (SSSR count). The second-order valence-electron chi connectivity index (χ2n) is 8.61. The molecule has 33 heavy (non-hydrogen) atoms. The van der Waals surface area contributed by atoms with E-state index in [-0.39, 0.29) is 11.3 Å². The Morgan fingerprint density at radius 1 is 0.970 bits per heavy atom. The van der Waals surface area contributed by atoms with Crippen LogP contribution in [0.25, 0.3) is 6.08 Å². The third kappa shape index (κ3) is 4.28. The molecule has 0 spiro atoms. The van der Waals surface area contributed by atoms with Gasteiger partial charge in [0, 0.05) is 50.8 Å². The molecule has 1 aromatic heterocycles. The van der Waals surface area contributed by atoms with Gasteiger partial charge in [0.1, 0.15) is 0 Å². The van der Waals surface area contributed by atoms with Crippen molar-refractivity contribution >= 4 is 34.6 Å². The van der Waals surface area contributed by atoms with Gasteiger partial charge in [-0.25, -0.2) is 4.99 Å². The molecule has 1 aliphatic rings. The summed E-state index contributed by atoms with van der Waals surface area (Å²) in [6.45, 7) is 3.38. The number of ketones is 1. The van der Waals surface area contributed by atoms with Gasteiger partial charge >= 0.3 is 0 Å². The fourth-order valence-electron chi connectivity index (χ4n) is 4.06. The number of carbonyl (C=O) groups is 1. The van der Waals surface area contributed by atoms with Crippen molar-refractivity contribution in [1.29, 1.82) is 0 Å². The standard InChI is InChI=1S/C26H28N4O2S/c1-16-23(17(2)31)24(19-9-13-21(14-10-19)29(5)6)30-25(32)22(33-26(30)27-16)15-18-7-11-20(12-8-18)28(3)4/h7-15,24H,1-6H3. The number of thiazole rings is 1. The van der Waals surface area contributed by atoms with Crippen LogP contribution in [0.1, 0.15) is 31.0 Å². The highest BCUT2D eigenvalue weighted by molar-refractivity contribution is 7.07. The number of rotatable bonds is 5. The Balaban J connectivity index is 1.88. The molecule has 0 N–H and O–H groups in total. The predicted molar refractivity (Wildman–Crippen MR) is 136 cm³/mol. The zero-order valence-corrected chi connectivity index (χ0v) is 20.6. The van der Waals surface area contributed by atoms with Crippen LogP contribution >= 0.6 is 11.3 Å². The van der Waals surface area contributed by atoms with Crippen LogP contribution < -0.4 is 24.7 Å². The van der Waals surface area contributed by atoms with Gasteiger partial charge in [-0.1, -0.05) is 35.6 Å². The minimum absolute atomic E-state index is 0.0773. The van der Waals surface area contributed by atoms with Gasteiger partial charge in [-0.2, -0.15) is 0 Å². The molecule has 7 heteroatoms. The van der Waals surface area contributed by atoms with Gasteiger partial charge in [-0.3, -0.25) is 14.2 Å². The summed E-state index contributed by atoms with van der Waals surface area (Å²) >= 11 is 1.36. The first-order valence-corrected chi connectivity index (χ1v) is 11.6. The second-order valence-corrected chi connectivity index (χ2v) is 9.62. The van der Waals surface area contributed by atoms with Gasteiger partial charge in [0.25, 0.3) is 5.56 Å². The maximum absolute atomic E-state index is 13.6. The first kappa shape index (κ1) is 22.7. The fourth-order valence-corrected chi connectivity index (χ4v) is 5.11. The molecule has 2 aromatic carbocycles. The molecule has 1 aliphatic heterocycles. The van der Waals surface area contributed by atoms with Crippen molar-refractivity contribution in [2.24, 2.45) is 4.99 Å². The Labute approximate surface area is 197 Å². The van der Waals surface area contributed by atoms with Gasteiger partial charge in [-0.05, 0) is 55.3 Å². The van der Waals surface area contributed by atoms with E-state index in [0.717, 1.165) is 22.5 Å². The average Bonchev–Trinajstić information content (AvgIpc) is 3.07. The second kappa shape index (κ2) is 8.83. The number of Topliss-reactive ketones (excluding diaryl/α,β-unsaturated/α-hetero) is 1. The molecule has 0 amide bonds. The van der Waals surface area contributed by atoms with Crippen molar-refractivity contribution in [2.75, 3.05) is 38.0 Å². The zero-order chi connectivity index (χ0) is 23.9. The number of allylic oxidation sites excluding steroid dienone is 2. The van der Waals surface area contributed by atoms with Crippen molar-refractivity contribution in [3.63, 3.8) is 0 Å². The number of hydrogen-bond donors (Lipinski definition) is 0. The molecule has 0 saturated carbocycles. The summed E-state index contributed by atoms with van der Waals surface area (Å²) in [5.74, 6) is -0.0773. The van der Waals surface area contributed by atoms with Gasteiger partial charge in [-0.15, -0.1) is 0 Å². The van der Waals surface area contributed by atoms with Crippen LogP contribution in [0.3, 0.4) is 0 Å². The lowest BCUT2D eigenvalue weighted by Crippen LogP contribution is -2.39. The van der Waals surface area contributed by atoms with E-state index < -0.39 is 6.04 Å². The number of benzene rings is 2. The Morgan fingerprint density at radius 2 is 1.52 bits per heavy atom. The number of nitrogens with zero attached hydrogens (tertiary/aromatic N) is 4. The molecule has 1 atom stereocenters. The number of anilines is 2. The lowest BCUT2D eigenvalue weighted by Gasteiger charge is -2.25. The van der Waals surface area contributed by atoms with Crippen LogP contribution in [0, 0.1) is 0 Å². The summed E-state index contributed by atoms with van der Waals surface area (Å²) in [7, 11) is 7.95. The monoisotopic (exact) mass is 460 g/mol. The van der Waals surface area contributed by atoms with E-state index in [1.165, 1.54) is 18.3 Å². The maximum atomic E-state index is 13.6. The summed E-state index contributed by atoms with van der Waals surface area (Å²) < 4.78 is 2.26. The highest BCUT2D eigenvalue weighted by Gasteiger charge is 2.30. The van der Waals surface area contributed by atoms with Gasteiger partial charge in [0.2, 0.25) is 0 Å². The first-order chi connectivity index (χ1) is 15.7. The van der Waals surface area contributed by atoms with Gasteiger partial charge in [0.05, 0.1) is 10.6 Å². The molecule has 6 nitrogen and oxygen atoms in total. The van der Waals surface area contributed by atoms with Gasteiger partial charge in [0.15, 0.2) is 10.6 Å². The topological polar surface area (TPSA) is 57.9 Å². The largest absolute Gasteiger partial charge is 0.378 e. The van der Waals surface area contributed by atoms with E-state index in [4.69, 9.17) is 0 Å². The Morgan fingerprint density at radius 3 is 2.03 bits per heavy atom. The smallest absolute Gasteiger partial charge is 0.271 e. The molecule has 3 aromatic rings. The quantitative estimate of drug-likeness (QED) is 0.588. The average molecular weight is 461 g/mol. The molecule has 2 heterocycles. The molecule has 0 saturated heterocycles. The fraction of sp³-hybridized carbons (Fsp3) is 0.269. The van der Waals surface area contributed by atoms with E-state index in [9.17, 15) is 9.59 Å². The first-order valence-electron chi connectivity index (χ1n) is 10.8. The van der Waals surface area contributed by atoms with Crippen LogP contribution in [-0.4, -0.2) is 38.5 Å². The van der Waals surface area contributed by atoms with Crippen molar-refractivity contribution in [3.05, 3.63) is 90.6 Å². The van der Waals surface area contributed by atoms with Crippen LogP contribution in [0.5, 0.6) is 0 Å². The lowest BCUT2D eigenvalue weighted by molar-refractivity contribution is -0.114. The van der Waals surface area contributed by atoms with Crippen LogP contribution in [0.2, 0.25) is 0 Å². The molecule has 0 bridgehead atoms. The molecule has 1 unspecified atom stereocenters. The minimum atomic E-state index is -0.492. The SMILES string of the molecule is CC(=O)C1=C(C)N=c2sc(=Cc3ccc(N(C)C)cc3)c(=O)n2C1c1ccc(N(C)C)cc1. The molecule has 0 radical (unpaired) electrons.